The van der Waals surface area contributed by atoms with E-state index in [0.29, 0.717) is 11.3 Å². The number of hydrogen-bond donors (Lipinski definition) is 2. The lowest BCUT2D eigenvalue weighted by Crippen LogP contribution is -2.58. The molecule has 0 bridgehead atoms. The molecule has 8 atom stereocenters. The highest BCUT2D eigenvalue weighted by Crippen LogP contribution is 2.68. The standard InChI is InChI=1S/C21H36O2/c1-14(22)21(23)13-10-18-16-8-7-15-6-4-5-11-19(15,2)17(16)9-12-20(18,21)3/h14-18,22-23H,4-13H2,1-3H3/t14-,15+,16+,17-,18-,19-,20-,21-/m0/s1. The molecule has 4 aliphatic carbocycles. The molecule has 0 radical (unpaired) electrons. The number of hydrogen-bond acceptors (Lipinski definition) is 2. The molecule has 0 saturated heterocycles. The highest BCUT2D eigenvalue weighted by molar-refractivity contribution is 5.15. The maximum Gasteiger partial charge on any atom is 0.0958 e. The van der Waals surface area contributed by atoms with Crippen molar-refractivity contribution in [2.45, 2.75) is 96.7 Å². The van der Waals surface area contributed by atoms with Crippen molar-refractivity contribution in [1.82, 2.24) is 0 Å². The Kier molecular flexibility index (Phi) is 3.71. The van der Waals surface area contributed by atoms with Crippen LogP contribution in [0.2, 0.25) is 0 Å². The smallest absolute Gasteiger partial charge is 0.0958 e. The van der Waals surface area contributed by atoms with Crippen molar-refractivity contribution in [1.29, 1.82) is 0 Å². The predicted octanol–water partition coefficient (Wildman–Crippen LogP) is 4.53. The second-order valence-corrected chi connectivity index (χ2v) is 10.00. The van der Waals surface area contributed by atoms with E-state index in [-0.39, 0.29) is 5.41 Å². The second-order valence-electron chi connectivity index (χ2n) is 10.00. The molecule has 0 spiro atoms. The fourth-order valence-corrected chi connectivity index (χ4v) is 8.03. The van der Waals surface area contributed by atoms with Crippen molar-refractivity contribution in [3.63, 3.8) is 0 Å². The quantitative estimate of drug-likeness (QED) is 0.745. The summed E-state index contributed by atoms with van der Waals surface area (Å²) in [7, 11) is 0. The van der Waals surface area contributed by atoms with E-state index in [1.54, 1.807) is 6.92 Å². The predicted molar refractivity (Wildman–Crippen MR) is 93.0 cm³/mol. The van der Waals surface area contributed by atoms with Crippen molar-refractivity contribution in [3.8, 4) is 0 Å². The third-order valence-corrected chi connectivity index (χ3v) is 9.49. The van der Waals surface area contributed by atoms with Gasteiger partial charge in [-0.15, -0.1) is 0 Å². The van der Waals surface area contributed by atoms with Crippen molar-refractivity contribution in [3.05, 3.63) is 0 Å². The fraction of sp³-hybridized carbons (Fsp3) is 1.00. The molecule has 2 heteroatoms. The highest BCUT2D eigenvalue weighted by Gasteiger charge is 2.65. The SMILES string of the molecule is C[C@H](O)[C@@]1(O)CC[C@H]2[C@@H]3CC[C@H]4CCCC[C@]4(C)[C@H]3CC[C@@]21C. The van der Waals surface area contributed by atoms with E-state index in [1.165, 1.54) is 44.9 Å². The van der Waals surface area contributed by atoms with Gasteiger partial charge in [-0.2, -0.15) is 0 Å². The molecule has 0 unspecified atom stereocenters. The first kappa shape index (κ1) is 16.4. The van der Waals surface area contributed by atoms with Crippen molar-refractivity contribution < 1.29 is 10.2 Å². The lowest BCUT2D eigenvalue weighted by Gasteiger charge is -2.61. The molecule has 0 aromatic rings. The molecule has 4 rings (SSSR count). The van der Waals surface area contributed by atoms with Crippen LogP contribution in [0.4, 0.5) is 0 Å². The van der Waals surface area contributed by atoms with Gasteiger partial charge in [0, 0.05) is 5.41 Å². The zero-order valence-electron chi connectivity index (χ0n) is 15.4. The van der Waals surface area contributed by atoms with Gasteiger partial charge in [-0.3, -0.25) is 0 Å². The molecule has 4 aliphatic rings. The fourth-order valence-electron chi connectivity index (χ4n) is 8.03. The van der Waals surface area contributed by atoms with Crippen LogP contribution in [0, 0.1) is 34.5 Å². The average molecular weight is 321 g/mol. The second kappa shape index (κ2) is 5.21. The van der Waals surface area contributed by atoms with Crippen LogP contribution < -0.4 is 0 Å². The molecule has 4 saturated carbocycles. The molecule has 4 fully saturated rings. The van der Waals surface area contributed by atoms with Gasteiger partial charge in [0.05, 0.1) is 11.7 Å². The summed E-state index contributed by atoms with van der Waals surface area (Å²) in [4.78, 5) is 0. The Morgan fingerprint density at radius 3 is 2.35 bits per heavy atom. The van der Waals surface area contributed by atoms with Gasteiger partial charge in [-0.1, -0.05) is 26.7 Å². The monoisotopic (exact) mass is 320 g/mol. The number of aliphatic hydroxyl groups is 2. The van der Waals surface area contributed by atoms with E-state index in [1.807, 2.05) is 0 Å². The van der Waals surface area contributed by atoms with Crippen LogP contribution in [0.1, 0.15) is 85.0 Å². The minimum atomic E-state index is -0.854. The summed E-state index contributed by atoms with van der Waals surface area (Å²) < 4.78 is 0. The van der Waals surface area contributed by atoms with Crippen molar-refractivity contribution in [2.24, 2.45) is 34.5 Å². The van der Waals surface area contributed by atoms with E-state index in [0.717, 1.165) is 37.0 Å². The van der Waals surface area contributed by atoms with Gasteiger partial charge in [-0.25, -0.2) is 0 Å². The molecule has 2 N–H and O–H groups in total. The van der Waals surface area contributed by atoms with E-state index >= 15 is 0 Å². The van der Waals surface area contributed by atoms with Crippen LogP contribution in [0.25, 0.3) is 0 Å². The Bertz CT molecular complexity index is 474. The summed E-state index contributed by atoms with van der Waals surface area (Å²) in [5.41, 5.74) is -0.360. The number of fused-ring (bicyclic) bond motifs is 5. The minimum absolute atomic E-state index is 0.0692. The summed E-state index contributed by atoms with van der Waals surface area (Å²) in [6, 6.07) is 0. The maximum atomic E-state index is 11.3. The van der Waals surface area contributed by atoms with Gasteiger partial charge in [0.1, 0.15) is 0 Å². The van der Waals surface area contributed by atoms with Gasteiger partial charge in [-0.05, 0) is 87.4 Å². The van der Waals surface area contributed by atoms with Gasteiger partial charge in [0.15, 0.2) is 0 Å². The number of aliphatic hydroxyl groups excluding tert-OH is 1. The minimum Gasteiger partial charge on any atom is -0.390 e. The van der Waals surface area contributed by atoms with Gasteiger partial charge < -0.3 is 10.2 Å². The zero-order chi connectivity index (χ0) is 16.5. The molecule has 2 nitrogen and oxygen atoms in total. The first-order chi connectivity index (χ1) is 10.8. The first-order valence-electron chi connectivity index (χ1n) is 10.2. The molecule has 0 aromatic carbocycles. The summed E-state index contributed by atoms with van der Waals surface area (Å²) in [5, 5.41) is 21.6. The maximum absolute atomic E-state index is 11.3. The summed E-state index contributed by atoms with van der Waals surface area (Å²) in [5.74, 6) is 3.25. The first-order valence-corrected chi connectivity index (χ1v) is 10.2. The van der Waals surface area contributed by atoms with Gasteiger partial charge >= 0.3 is 0 Å². The van der Waals surface area contributed by atoms with Crippen molar-refractivity contribution in [2.75, 3.05) is 0 Å². The summed E-state index contributed by atoms with van der Waals surface area (Å²) in [6.45, 7) is 6.70. The molecular weight excluding hydrogens is 284 g/mol. The van der Waals surface area contributed by atoms with Crippen LogP contribution in [0.15, 0.2) is 0 Å². The molecule has 0 amide bonds. The third kappa shape index (κ3) is 2.00. The number of rotatable bonds is 1. The largest absolute Gasteiger partial charge is 0.390 e. The van der Waals surface area contributed by atoms with Gasteiger partial charge in [0.25, 0.3) is 0 Å². The van der Waals surface area contributed by atoms with E-state index in [4.69, 9.17) is 0 Å². The Morgan fingerprint density at radius 1 is 0.870 bits per heavy atom. The van der Waals surface area contributed by atoms with E-state index < -0.39 is 11.7 Å². The van der Waals surface area contributed by atoms with Gasteiger partial charge in [0.2, 0.25) is 0 Å². The summed E-state index contributed by atoms with van der Waals surface area (Å²) >= 11 is 0. The lowest BCUT2D eigenvalue weighted by molar-refractivity contribution is -0.183. The van der Waals surface area contributed by atoms with Crippen LogP contribution in [-0.2, 0) is 0 Å². The summed E-state index contributed by atoms with van der Waals surface area (Å²) in [6.07, 6.45) is 12.3. The Morgan fingerprint density at radius 2 is 1.61 bits per heavy atom. The lowest BCUT2D eigenvalue weighted by atomic mass is 9.44. The molecule has 0 aliphatic heterocycles. The van der Waals surface area contributed by atoms with Crippen LogP contribution >= 0.6 is 0 Å². The Balaban J connectivity index is 1.65. The molecule has 0 aromatic heterocycles. The topological polar surface area (TPSA) is 40.5 Å². The molecule has 132 valence electrons. The van der Waals surface area contributed by atoms with Crippen LogP contribution in [0.3, 0.4) is 0 Å². The molecular formula is C21H36O2. The highest BCUT2D eigenvalue weighted by atomic mass is 16.3. The Labute approximate surface area is 142 Å². The third-order valence-electron chi connectivity index (χ3n) is 9.49. The zero-order valence-corrected chi connectivity index (χ0v) is 15.4. The normalized spacial score (nSPS) is 57.3. The average Bonchev–Trinajstić information content (AvgIpc) is 2.80. The van der Waals surface area contributed by atoms with E-state index in [2.05, 4.69) is 13.8 Å². The Hall–Kier alpha value is -0.0800. The molecule has 23 heavy (non-hydrogen) atoms. The van der Waals surface area contributed by atoms with Crippen LogP contribution in [-0.4, -0.2) is 21.9 Å². The van der Waals surface area contributed by atoms with Crippen molar-refractivity contribution >= 4 is 0 Å². The molecule has 0 heterocycles. The van der Waals surface area contributed by atoms with E-state index in [9.17, 15) is 10.2 Å². The van der Waals surface area contributed by atoms with Crippen LogP contribution in [0.5, 0.6) is 0 Å².